The molecule has 23 heavy (non-hydrogen) atoms. The average molecular weight is 326 g/mol. The van der Waals surface area contributed by atoms with Gasteiger partial charge in [-0.25, -0.2) is 4.98 Å². The molecule has 2 rings (SSSR count). The van der Waals surface area contributed by atoms with E-state index >= 15 is 0 Å². The van der Waals surface area contributed by atoms with Gasteiger partial charge in [0.05, 0.1) is 5.56 Å². The first-order chi connectivity index (χ1) is 10.8. The molecule has 1 aromatic rings. The number of alkyl halides is 3. The molecule has 0 saturated heterocycles. The molecule has 0 spiro atoms. The van der Waals surface area contributed by atoms with E-state index in [9.17, 15) is 13.2 Å². The Kier molecular flexibility index (Phi) is 5.15. The van der Waals surface area contributed by atoms with Crippen molar-refractivity contribution in [1.82, 2.24) is 9.88 Å². The molecule has 0 atom stereocenters. The topological polar surface area (TPSA) is 52.0 Å². The van der Waals surface area contributed by atoms with Crippen molar-refractivity contribution in [3.8, 4) is 6.07 Å². The highest BCUT2D eigenvalue weighted by Crippen LogP contribution is 2.39. The van der Waals surface area contributed by atoms with E-state index in [0.717, 1.165) is 38.3 Å². The summed E-state index contributed by atoms with van der Waals surface area (Å²) in [4.78, 5) is 5.71. The summed E-state index contributed by atoms with van der Waals surface area (Å²) in [5.41, 5.74) is -0.824. The van der Waals surface area contributed by atoms with Gasteiger partial charge in [-0.15, -0.1) is 0 Å². The highest BCUT2D eigenvalue weighted by Gasteiger charge is 2.36. The lowest BCUT2D eigenvalue weighted by molar-refractivity contribution is -0.141. The number of anilines is 1. The fraction of sp³-hybridized carbons (Fsp3) is 0.625. The average Bonchev–Trinajstić information content (AvgIpc) is 2.92. The Labute approximate surface area is 134 Å². The quantitative estimate of drug-likeness (QED) is 0.900. The van der Waals surface area contributed by atoms with Crippen LogP contribution in [0.4, 0.5) is 19.0 Å². The van der Waals surface area contributed by atoms with Crippen molar-refractivity contribution >= 4 is 5.82 Å². The van der Waals surface area contributed by atoms with Crippen LogP contribution in [0.25, 0.3) is 0 Å². The Morgan fingerprint density at radius 3 is 2.48 bits per heavy atom. The molecule has 0 radical (unpaired) electrons. The molecule has 1 fully saturated rings. The lowest BCUT2D eigenvalue weighted by Crippen LogP contribution is -2.37. The molecule has 0 aliphatic heterocycles. The minimum Gasteiger partial charge on any atom is -0.368 e. The van der Waals surface area contributed by atoms with Gasteiger partial charge in [0.1, 0.15) is 17.6 Å². The molecule has 7 heteroatoms. The zero-order valence-electron chi connectivity index (χ0n) is 13.4. The Hall–Kier alpha value is -1.81. The van der Waals surface area contributed by atoms with E-state index in [1.807, 2.05) is 20.2 Å². The predicted molar refractivity (Wildman–Crippen MR) is 81.9 cm³/mol. The number of pyridine rings is 1. The van der Waals surface area contributed by atoms with Crippen LogP contribution >= 0.6 is 0 Å². The van der Waals surface area contributed by atoms with Gasteiger partial charge in [-0.3, -0.25) is 0 Å². The number of aromatic nitrogens is 1. The number of nitriles is 1. The summed E-state index contributed by atoms with van der Waals surface area (Å²) >= 11 is 0. The Balaban J connectivity index is 2.20. The molecule has 1 aliphatic carbocycles. The summed E-state index contributed by atoms with van der Waals surface area (Å²) in [6.45, 7) is 1.38. The number of nitrogens with zero attached hydrogens (tertiary/aromatic N) is 3. The zero-order valence-corrected chi connectivity index (χ0v) is 13.4. The van der Waals surface area contributed by atoms with E-state index in [1.165, 1.54) is 6.07 Å². The van der Waals surface area contributed by atoms with Crippen molar-refractivity contribution in [1.29, 1.82) is 5.26 Å². The van der Waals surface area contributed by atoms with Gasteiger partial charge >= 0.3 is 6.18 Å². The van der Waals surface area contributed by atoms with Crippen LogP contribution in [0, 0.1) is 16.7 Å². The highest BCUT2D eigenvalue weighted by molar-refractivity contribution is 5.52. The number of hydrogen-bond acceptors (Lipinski definition) is 4. The first-order valence-corrected chi connectivity index (χ1v) is 7.63. The first kappa shape index (κ1) is 17.5. The minimum absolute atomic E-state index is 0.0200. The third-order valence-electron chi connectivity index (χ3n) is 4.25. The number of nitrogens with one attached hydrogen (secondary N) is 1. The third-order valence-corrected chi connectivity index (χ3v) is 4.25. The number of halogens is 3. The number of rotatable bonds is 5. The largest absolute Gasteiger partial charge is 0.433 e. The van der Waals surface area contributed by atoms with E-state index in [4.69, 9.17) is 5.26 Å². The maximum absolute atomic E-state index is 12.8. The standard InChI is InChI=1S/C16H21F3N4/c1-23(2)11-15(7-3-4-8-15)10-21-14-12(9-20)5-6-13(22-14)16(17,18)19/h5-6H,3-4,7-8,10-11H2,1-2H3,(H,21,22). The van der Waals surface area contributed by atoms with E-state index < -0.39 is 11.9 Å². The van der Waals surface area contributed by atoms with Gasteiger partial charge in [-0.1, -0.05) is 12.8 Å². The van der Waals surface area contributed by atoms with Crippen LogP contribution in [0.5, 0.6) is 0 Å². The van der Waals surface area contributed by atoms with Crippen LogP contribution in [-0.2, 0) is 6.18 Å². The molecule has 1 aliphatic rings. The van der Waals surface area contributed by atoms with Crippen LogP contribution in [0.3, 0.4) is 0 Å². The maximum atomic E-state index is 12.8. The minimum atomic E-state index is -4.51. The molecule has 0 aromatic carbocycles. The summed E-state index contributed by atoms with van der Waals surface area (Å²) < 4.78 is 38.4. The van der Waals surface area contributed by atoms with Crippen LogP contribution in [-0.4, -0.2) is 37.1 Å². The fourth-order valence-corrected chi connectivity index (χ4v) is 3.30. The van der Waals surface area contributed by atoms with E-state index in [1.54, 1.807) is 0 Å². The SMILES string of the molecule is CN(C)CC1(CNc2nc(C(F)(F)F)ccc2C#N)CCCC1. The smallest absolute Gasteiger partial charge is 0.368 e. The summed E-state index contributed by atoms with van der Waals surface area (Å²) in [5.74, 6) is 0.0207. The lowest BCUT2D eigenvalue weighted by atomic mass is 9.85. The van der Waals surface area contributed by atoms with Crippen molar-refractivity contribution in [2.24, 2.45) is 5.41 Å². The molecular formula is C16H21F3N4. The molecule has 0 bridgehead atoms. The Morgan fingerprint density at radius 1 is 1.30 bits per heavy atom. The van der Waals surface area contributed by atoms with Gasteiger partial charge in [0.2, 0.25) is 0 Å². The molecule has 0 unspecified atom stereocenters. The maximum Gasteiger partial charge on any atom is 0.433 e. The molecular weight excluding hydrogens is 305 g/mol. The molecule has 4 nitrogen and oxygen atoms in total. The van der Waals surface area contributed by atoms with E-state index in [0.29, 0.717) is 6.54 Å². The second-order valence-electron chi connectivity index (χ2n) is 6.50. The van der Waals surface area contributed by atoms with Crippen molar-refractivity contribution in [2.45, 2.75) is 31.9 Å². The van der Waals surface area contributed by atoms with Crippen LogP contribution in [0.1, 0.15) is 36.9 Å². The predicted octanol–water partition coefficient (Wildman–Crippen LogP) is 3.51. The lowest BCUT2D eigenvalue weighted by Gasteiger charge is -2.32. The molecule has 126 valence electrons. The van der Waals surface area contributed by atoms with Gasteiger partial charge in [0.15, 0.2) is 0 Å². The van der Waals surface area contributed by atoms with E-state index in [2.05, 4.69) is 15.2 Å². The Bertz CT molecular complexity index is 584. The van der Waals surface area contributed by atoms with Crippen molar-refractivity contribution in [2.75, 3.05) is 32.5 Å². The van der Waals surface area contributed by atoms with Crippen LogP contribution < -0.4 is 5.32 Å². The molecule has 1 heterocycles. The normalized spacial score (nSPS) is 17.3. The highest BCUT2D eigenvalue weighted by atomic mass is 19.4. The van der Waals surface area contributed by atoms with Gasteiger partial charge in [0, 0.05) is 18.5 Å². The van der Waals surface area contributed by atoms with Gasteiger partial charge < -0.3 is 10.2 Å². The third kappa shape index (κ3) is 4.35. The summed E-state index contributed by atoms with van der Waals surface area (Å²) in [5, 5.41) is 12.1. The molecule has 0 amide bonds. The summed E-state index contributed by atoms with van der Waals surface area (Å²) in [6, 6.07) is 3.91. The fourth-order valence-electron chi connectivity index (χ4n) is 3.30. The van der Waals surface area contributed by atoms with Crippen LogP contribution in [0.15, 0.2) is 12.1 Å². The molecule has 1 saturated carbocycles. The summed E-state index contributed by atoms with van der Waals surface area (Å²) in [7, 11) is 3.98. The van der Waals surface area contributed by atoms with Gasteiger partial charge in [0.25, 0.3) is 0 Å². The Morgan fingerprint density at radius 2 is 1.96 bits per heavy atom. The van der Waals surface area contributed by atoms with Crippen molar-refractivity contribution in [3.05, 3.63) is 23.4 Å². The second-order valence-corrected chi connectivity index (χ2v) is 6.50. The second kappa shape index (κ2) is 6.75. The molecule has 1 N–H and O–H groups in total. The monoisotopic (exact) mass is 326 g/mol. The van der Waals surface area contributed by atoms with Gasteiger partial charge in [-0.2, -0.15) is 18.4 Å². The van der Waals surface area contributed by atoms with Gasteiger partial charge in [-0.05, 0) is 39.1 Å². The zero-order chi connectivity index (χ0) is 17.1. The molecule has 1 aromatic heterocycles. The van der Waals surface area contributed by atoms with E-state index in [-0.39, 0.29) is 16.8 Å². The number of hydrogen-bond donors (Lipinski definition) is 1. The summed E-state index contributed by atoms with van der Waals surface area (Å²) in [6.07, 6.45) is -0.218. The van der Waals surface area contributed by atoms with Crippen LogP contribution in [0.2, 0.25) is 0 Å². The van der Waals surface area contributed by atoms with Crippen molar-refractivity contribution in [3.63, 3.8) is 0 Å². The first-order valence-electron chi connectivity index (χ1n) is 7.63. The van der Waals surface area contributed by atoms with Crippen molar-refractivity contribution < 1.29 is 13.2 Å².